The number of hydrogen-bond acceptors (Lipinski definition) is 4. The van der Waals surface area contributed by atoms with E-state index in [0.29, 0.717) is 11.3 Å². The average Bonchev–Trinajstić information content (AvgIpc) is 2.71. The van der Waals surface area contributed by atoms with Crippen LogP contribution in [0.5, 0.6) is 0 Å². The number of rotatable bonds is 3. The molecule has 1 aromatic heterocycles. The molecule has 0 amide bonds. The van der Waals surface area contributed by atoms with E-state index in [4.69, 9.17) is 5.90 Å². The molecule has 0 aliphatic rings. The first-order chi connectivity index (χ1) is 7.31. The molecule has 0 spiro atoms. The summed E-state index contributed by atoms with van der Waals surface area (Å²) in [6.07, 6.45) is 2.77. The van der Waals surface area contributed by atoms with E-state index in [1.165, 1.54) is 23.4 Å². The Labute approximate surface area is 85.3 Å². The van der Waals surface area contributed by atoms with Crippen molar-refractivity contribution in [2.24, 2.45) is 5.90 Å². The lowest BCUT2D eigenvalue weighted by atomic mass is 10.2. The lowest BCUT2D eigenvalue weighted by Gasteiger charge is -2.04. The molecule has 2 aromatic rings. The third kappa shape index (κ3) is 2.00. The Morgan fingerprint density at radius 3 is 2.93 bits per heavy atom. The van der Waals surface area contributed by atoms with Gasteiger partial charge in [-0.1, -0.05) is 6.07 Å². The van der Waals surface area contributed by atoms with Gasteiger partial charge in [0.2, 0.25) is 0 Å². The molecule has 0 unspecified atom stereocenters. The highest BCUT2D eigenvalue weighted by atomic mass is 19.1. The predicted octanol–water partition coefficient (Wildman–Crippen LogP) is 0.797. The van der Waals surface area contributed by atoms with E-state index in [1.807, 2.05) is 0 Å². The highest BCUT2D eigenvalue weighted by molar-refractivity contribution is 5.35. The van der Waals surface area contributed by atoms with Gasteiger partial charge in [-0.3, -0.25) is 4.84 Å². The van der Waals surface area contributed by atoms with Gasteiger partial charge in [0.1, 0.15) is 24.2 Å². The van der Waals surface area contributed by atoms with Gasteiger partial charge >= 0.3 is 0 Å². The van der Waals surface area contributed by atoms with Crippen molar-refractivity contribution in [3.63, 3.8) is 0 Å². The highest BCUT2D eigenvalue weighted by Gasteiger charge is 2.05. The summed E-state index contributed by atoms with van der Waals surface area (Å²) in [7, 11) is 0. The SMILES string of the molecule is NOCc1ccc(-n2cncn2)c(F)c1. The summed E-state index contributed by atoms with van der Waals surface area (Å²) < 4.78 is 14.9. The second-order valence-electron chi connectivity index (χ2n) is 2.94. The second-order valence-corrected chi connectivity index (χ2v) is 2.94. The molecule has 2 rings (SSSR count). The van der Waals surface area contributed by atoms with E-state index >= 15 is 0 Å². The quantitative estimate of drug-likeness (QED) is 0.757. The van der Waals surface area contributed by atoms with Crippen molar-refractivity contribution < 1.29 is 9.23 Å². The second kappa shape index (κ2) is 4.16. The highest BCUT2D eigenvalue weighted by Crippen LogP contribution is 2.14. The minimum atomic E-state index is -0.393. The summed E-state index contributed by atoms with van der Waals surface area (Å²) in [5, 5.41) is 3.83. The first-order valence-electron chi connectivity index (χ1n) is 4.26. The van der Waals surface area contributed by atoms with Crippen LogP contribution in [0.25, 0.3) is 5.69 Å². The molecule has 78 valence electrons. The molecule has 1 aromatic carbocycles. The van der Waals surface area contributed by atoms with Crippen LogP contribution in [0.2, 0.25) is 0 Å². The van der Waals surface area contributed by atoms with Crippen molar-refractivity contribution in [1.82, 2.24) is 14.8 Å². The molecule has 0 saturated carbocycles. The molecule has 0 aliphatic carbocycles. The van der Waals surface area contributed by atoms with Gasteiger partial charge in [-0.05, 0) is 17.7 Å². The largest absolute Gasteiger partial charge is 0.300 e. The minimum Gasteiger partial charge on any atom is -0.300 e. The van der Waals surface area contributed by atoms with Gasteiger partial charge in [0, 0.05) is 0 Å². The molecule has 0 aliphatic heterocycles. The van der Waals surface area contributed by atoms with Gasteiger partial charge in [0.05, 0.1) is 6.61 Å². The zero-order chi connectivity index (χ0) is 10.7. The molecule has 1 heterocycles. The first kappa shape index (κ1) is 9.75. The molecule has 0 bridgehead atoms. The Morgan fingerprint density at radius 1 is 1.47 bits per heavy atom. The average molecular weight is 208 g/mol. The number of hydrogen-bond donors (Lipinski definition) is 1. The van der Waals surface area contributed by atoms with E-state index < -0.39 is 5.82 Å². The summed E-state index contributed by atoms with van der Waals surface area (Å²) in [6.45, 7) is 0.175. The molecule has 6 heteroatoms. The topological polar surface area (TPSA) is 66.0 Å². The van der Waals surface area contributed by atoms with Gasteiger partial charge in [0.15, 0.2) is 0 Å². The molecule has 0 atom stereocenters. The van der Waals surface area contributed by atoms with Crippen LogP contribution in [0.1, 0.15) is 5.56 Å². The summed E-state index contributed by atoms with van der Waals surface area (Å²) in [4.78, 5) is 8.15. The van der Waals surface area contributed by atoms with E-state index in [2.05, 4.69) is 14.9 Å². The summed E-state index contributed by atoms with van der Waals surface area (Å²) in [6, 6.07) is 4.66. The zero-order valence-corrected chi connectivity index (χ0v) is 7.80. The molecule has 0 saturated heterocycles. The number of halogens is 1. The smallest absolute Gasteiger partial charge is 0.149 e. The number of nitrogens with zero attached hydrogens (tertiary/aromatic N) is 3. The number of benzene rings is 1. The Kier molecular flexibility index (Phi) is 2.70. The zero-order valence-electron chi connectivity index (χ0n) is 7.80. The van der Waals surface area contributed by atoms with Crippen LogP contribution >= 0.6 is 0 Å². The lowest BCUT2D eigenvalue weighted by molar-refractivity contribution is 0.124. The third-order valence-corrected chi connectivity index (χ3v) is 1.93. The number of nitrogens with two attached hydrogens (primary N) is 1. The fourth-order valence-corrected chi connectivity index (χ4v) is 1.25. The van der Waals surface area contributed by atoms with Crippen molar-refractivity contribution in [2.75, 3.05) is 0 Å². The standard InChI is InChI=1S/C9H9FN4O/c10-8-3-7(4-15-11)1-2-9(8)14-6-12-5-13-14/h1-3,5-6H,4,11H2. The lowest BCUT2D eigenvalue weighted by Crippen LogP contribution is -2.02. The maximum atomic E-state index is 13.6. The molecule has 15 heavy (non-hydrogen) atoms. The maximum absolute atomic E-state index is 13.6. The van der Waals surface area contributed by atoms with E-state index in [9.17, 15) is 4.39 Å². The third-order valence-electron chi connectivity index (χ3n) is 1.93. The van der Waals surface area contributed by atoms with E-state index in [0.717, 1.165) is 0 Å². The van der Waals surface area contributed by atoms with Gasteiger partial charge in [0.25, 0.3) is 0 Å². The summed E-state index contributed by atoms with van der Waals surface area (Å²) >= 11 is 0. The Morgan fingerprint density at radius 2 is 2.33 bits per heavy atom. The van der Waals surface area contributed by atoms with Crippen molar-refractivity contribution in [3.05, 3.63) is 42.2 Å². The van der Waals surface area contributed by atoms with Crippen LogP contribution in [0, 0.1) is 5.82 Å². The number of aromatic nitrogens is 3. The summed E-state index contributed by atoms with van der Waals surface area (Å²) in [5.74, 6) is 4.50. The van der Waals surface area contributed by atoms with Crippen LogP contribution in [-0.2, 0) is 11.4 Å². The molecule has 0 radical (unpaired) electrons. The van der Waals surface area contributed by atoms with Gasteiger partial charge in [-0.15, -0.1) is 0 Å². The normalized spacial score (nSPS) is 10.5. The van der Waals surface area contributed by atoms with Crippen LogP contribution in [0.15, 0.2) is 30.9 Å². The Balaban J connectivity index is 2.35. The van der Waals surface area contributed by atoms with Crippen molar-refractivity contribution in [1.29, 1.82) is 0 Å². The molecule has 0 fully saturated rings. The van der Waals surface area contributed by atoms with Gasteiger partial charge in [-0.2, -0.15) is 5.10 Å². The van der Waals surface area contributed by atoms with Gasteiger partial charge < -0.3 is 0 Å². The molecule has 2 N–H and O–H groups in total. The Bertz CT molecular complexity index is 443. The van der Waals surface area contributed by atoms with E-state index in [1.54, 1.807) is 12.1 Å². The van der Waals surface area contributed by atoms with Crippen LogP contribution in [0.3, 0.4) is 0 Å². The molecular weight excluding hydrogens is 199 g/mol. The monoisotopic (exact) mass is 208 g/mol. The summed E-state index contributed by atoms with van der Waals surface area (Å²) in [5.41, 5.74) is 1.01. The molecule has 5 nitrogen and oxygen atoms in total. The first-order valence-corrected chi connectivity index (χ1v) is 4.26. The Hall–Kier alpha value is -1.79. The van der Waals surface area contributed by atoms with Crippen molar-refractivity contribution in [3.8, 4) is 5.69 Å². The van der Waals surface area contributed by atoms with Crippen LogP contribution in [0.4, 0.5) is 4.39 Å². The predicted molar refractivity (Wildman–Crippen MR) is 50.3 cm³/mol. The van der Waals surface area contributed by atoms with E-state index in [-0.39, 0.29) is 6.61 Å². The van der Waals surface area contributed by atoms with Crippen LogP contribution in [-0.4, -0.2) is 14.8 Å². The fourth-order valence-electron chi connectivity index (χ4n) is 1.25. The van der Waals surface area contributed by atoms with Gasteiger partial charge in [-0.25, -0.2) is 20.0 Å². The van der Waals surface area contributed by atoms with Crippen molar-refractivity contribution in [2.45, 2.75) is 6.61 Å². The van der Waals surface area contributed by atoms with Crippen molar-refractivity contribution >= 4 is 0 Å². The molecular formula is C9H9FN4O. The maximum Gasteiger partial charge on any atom is 0.149 e. The fraction of sp³-hybridized carbons (Fsp3) is 0.111. The minimum absolute atomic E-state index is 0.175. The van der Waals surface area contributed by atoms with Crippen LogP contribution < -0.4 is 5.90 Å².